The lowest BCUT2D eigenvalue weighted by Crippen LogP contribution is -2.46. The van der Waals surface area contributed by atoms with Gasteiger partial charge in [0.15, 0.2) is 0 Å². The molecule has 0 aliphatic carbocycles. The van der Waals surface area contributed by atoms with Gasteiger partial charge in [0.05, 0.1) is 17.9 Å². The number of nitrogens with zero attached hydrogens (tertiary/aromatic N) is 3. The van der Waals surface area contributed by atoms with Crippen LogP contribution in [-0.4, -0.2) is 67.4 Å². The first-order chi connectivity index (χ1) is 12.7. The molecule has 2 amide bonds. The minimum Gasteiger partial charge on any atom is -0.367 e. The molecule has 1 aromatic carbocycles. The van der Waals surface area contributed by atoms with Crippen molar-refractivity contribution in [3.05, 3.63) is 24.3 Å². The standard InChI is InChI=1S/C20H30N4O2/c1-2-22-12-14-23(15-13-22)18-9-6-5-8-17(18)21-19(25)16-24-11-7-3-4-10-20(24)26/h5-6,8-9H,2-4,7,10-16H2,1H3,(H,21,25). The molecule has 6 nitrogen and oxygen atoms in total. The molecule has 0 aromatic heterocycles. The smallest absolute Gasteiger partial charge is 0.244 e. The number of benzene rings is 1. The Balaban J connectivity index is 1.62. The van der Waals surface area contributed by atoms with E-state index in [1.165, 1.54) is 0 Å². The minimum absolute atomic E-state index is 0.0987. The molecule has 0 bridgehead atoms. The third kappa shape index (κ3) is 4.75. The number of amides is 2. The van der Waals surface area contributed by atoms with Gasteiger partial charge in [-0.1, -0.05) is 25.5 Å². The van der Waals surface area contributed by atoms with Crippen LogP contribution in [0.4, 0.5) is 11.4 Å². The van der Waals surface area contributed by atoms with Crippen LogP contribution >= 0.6 is 0 Å². The highest BCUT2D eigenvalue weighted by atomic mass is 16.2. The average Bonchev–Trinajstić information content (AvgIpc) is 2.87. The lowest BCUT2D eigenvalue weighted by Gasteiger charge is -2.36. The first kappa shape index (κ1) is 18.7. The second-order valence-corrected chi connectivity index (χ2v) is 7.11. The van der Waals surface area contributed by atoms with Crippen molar-refractivity contribution in [3.63, 3.8) is 0 Å². The number of likely N-dealkylation sites (tertiary alicyclic amines) is 1. The zero-order valence-electron chi connectivity index (χ0n) is 15.7. The van der Waals surface area contributed by atoms with E-state index in [4.69, 9.17) is 0 Å². The van der Waals surface area contributed by atoms with E-state index in [9.17, 15) is 9.59 Å². The molecule has 2 aliphatic rings. The van der Waals surface area contributed by atoms with E-state index in [1.807, 2.05) is 18.2 Å². The van der Waals surface area contributed by atoms with Crippen LogP contribution < -0.4 is 10.2 Å². The first-order valence-corrected chi connectivity index (χ1v) is 9.81. The van der Waals surface area contributed by atoms with Gasteiger partial charge in [-0.05, 0) is 31.5 Å². The molecule has 0 atom stereocenters. The van der Waals surface area contributed by atoms with Crippen molar-refractivity contribution in [2.45, 2.75) is 32.6 Å². The maximum Gasteiger partial charge on any atom is 0.244 e. The molecule has 1 N–H and O–H groups in total. The van der Waals surface area contributed by atoms with Gasteiger partial charge in [0.25, 0.3) is 0 Å². The van der Waals surface area contributed by atoms with Crippen LogP contribution in [0.2, 0.25) is 0 Å². The molecule has 142 valence electrons. The largest absolute Gasteiger partial charge is 0.367 e. The summed E-state index contributed by atoms with van der Waals surface area (Å²) in [4.78, 5) is 31.1. The Labute approximate surface area is 156 Å². The Morgan fingerprint density at radius 2 is 1.81 bits per heavy atom. The fourth-order valence-corrected chi connectivity index (χ4v) is 3.73. The van der Waals surface area contributed by atoms with E-state index in [0.29, 0.717) is 13.0 Å². The summed E-state index contributed by atoms with van der Waals surface area (Å²) in [5.41, 5.74) is 1.91. The van der Waals surface area contributed by atoms with Crippen molar-refractivity contribution in [1.82, 2.24) is 9.80 Å². The van der Waals surface area contributed by atoms with Crippen molar-refractivity contribution in [2.75, 3.05) is 56.0 Å². The summed E-state index contributed by atoms with van der Waals surface area (Å²) in [6.07, 6.45) is 3.54. The monoisotopic (exact) mass is 358 g/mol. The molecule has 2 fully saturated rings. The zero-order valence-corrected chi connectivity index (χ0v) is 15.7. The number of hydrogen-bond donors (Lipinski definition) is 1. The second kappa shape index (κ2) is 9.03. The van der Waals surface area contributed by atoms with Gasteiger partial charge in [-0.25, -0.2) is 0 Å². The van der Waals surface area contributed by atoms with Crippen LogP contribution in [0, 0.1) is 0 Å². The van der Waals surface area contributed by atoms with Crippen LogP contribution in [-0.2, 0) is 9.59 Å². The molecule has 0 radical (unpaired) electrons. The van der Waals surface area contributed by atoms with Gasteiger partial charge in [0.2, 0.25) is 11.8 Å². The highest BCUT2D eigenvalue weighted by molar-refractivity contribution is 5.97. The molecule has 1 aromatic rings. The highest BCUT2D eigenvalue weighted by Gasteiger charge is 2.21. The van der Waals surface area contributed by atoms with Gasteiger partial charge in [-0.15, -0.1) is 0 Å². The topological polar surface area (TPSA) is 55.9 Å². The number of para-hydroxylation sites is 2. The molecular formula is C20H30N4O2. The second-order valence-electron chi connectivity index (χ2n) is 7.11. The van der Waals surface area contributed by atoms with E-state index < -0.39 is 0 Å². The Kier molecular flexibility index (Phi) is 6.50. The summed E-state index contributed by atoms with van der Waals surface area (Å²) in [6, 6.07) is 7.96. The SMILES string of the molecule is CCN1CCN(c2ccccc2NC(=O)CN2CCCCCC2=O)CC1. The fraction of sp³-hybridized carbons (Fsp3) is 0.600. The Hall–Kier alpha value is -2.08. The Bertz CT molecular complexity index is 626. The molecule has 26 heavy (non-hydrogen) atoms. The summed E-state index contributed by atoms with van der Waals surface area (Å²) in [6.45, 7) is 8.12. The van der Waals surface area contributed by atoms with Gasteiger partial charge < -0.3 is 20.0 Å². The van der Waals surface area contributed by atoms with E-state index in [0.717, 1.165) is 63.4 Å². The highest BCUT2D eigenvalue weighted by Crippen LogP contribution is 2.26. The fourth-order valence-electron chi connectivity index (χ4n) is 3.73. The molecule has 0 saturated carbocycles. The zero-order chi connectivity index (χ0) is 18.4. The number of carbonyl (C=O) groups is 2. The molecule has 3 rings (SSSR count). The lowest BCUT2D eigenvalue weighted by atomic mass is 10.2. The third-order valence-electron chi connectivity index (χ3n) is 5.34. The van der Waals surface area contributed by atoms with E-state index in [-0.39, 0.29) is 18.4 Å². The van der Waals surface area contributed by atoms with Crippen LogP contribution in [0.1, 0.15) is 32.6 Å². The number of anilines is 2. The van der Waals surface area contributed by atoms with E-state index >= 15 is 0 Å². The van der Waals surface area contributed by atoms with Gasteiger partial charge in [0.1, 0.15) is 0 Å². The van der Waals surface area contributed by atoms with Crippen LogP contribution in [0.5, 0.6) is 0 Å². The van der Waals surface area contributed by atoms with Crippen molar-refractivity contribution in [2.24, 2.45) is 0 Å². The summed E-state index contributed by atoms with van der Waals surface area (Å²) >= 11 is 0. The van der Waals surface area contributed by atoms with Crippen molar-refractivity contribution in [1.29, 1.82) is 0 Å². The normalized spacial score (nSPS) is 19.3. The van der Waals surface area contributed by atoms with Gasteiger partial charge in [-0.3, -0.25) is 9.59 Å². The maximum absolute atomic E-state index is 12.5. The minimum atomic E-state index is -0.111. The lowest BCUT2D eigenvalue weighted by molar-refractivity contribution is -0.134. The number of rotatable bonds is 5. The van der Waals surface area contributed by atoms with E-state index in [2.05, 4.69) is 28.1 Å². The summed E-state index contributed by atoms with van der Waals surface area (Å²) in [5, 5.41) is 3.03. The number of carbonyl (C=O) groups excluding carboxylic acids is 2. The predicted molar refractivity (Wildman–Crippen MR) is 104 cm³/mol. The number of piperazine rings is 1. The van der Waals surface area contributed by atoms with Crippen LogP contribution in [0.15, 0.2) is 24.3 Å². The maximum atomic E-state index is 12.5. The average molecular weight is 358 g/mol. The molecule has 6 heteroatoms. The van der Waals surface area contributed by atoms with Crippen LogP contribution in [0.3, 0.4) is 0 Å². The molecule has 2 saturated heterocycles. The number of likely N-dealkylation sites (N-methyl/N-ethyl adjacent to an activating group) is 1. The van der Waals surface area contributed by atoms with Crippen molar-refractivity contribution < 1.29 is 9.59 Å². The number of hydrogen-bond acceptors (Lipinski definition) is 4. The van der Waals surface area contributed by atoms with Gasteiger partial charge in [0, 0.05) is 39.1 Å². The quantitative estimate of drug-likeness (QED) is 0.876. The Morgan fingerprint density at radius 1 is 1.04 bits per heavy atom. The number of nitrogens with one attached hydrogen (secondary N) is 1. The predicted octanol–water partition coefficient (Wildman–Crippen LogP) is 2.17. The van der Waals surface area contributed by atoms with Gasteiger partial charge in [-0.2, -0.15) is 0 Å². The molecule has 2 heterocycles. The molecule has 0 spiro atoms. The van der Waals surface area contributed by atoms with Crippen molar-refractivity contribution >= 4 is 23.2 Å². The van der Waals surface area contributed by atoms with Crippen LogP contribution in [0.25, 0.3) is 0 Å². The molecule has 0 unspecified atom stereocenters. The van der Waals surface area contributed by atoms with Crippen molar-refractivity contribution in [3.8, 4) is 0 Å². The first-order valence-electron chi connectivity index (χ1n) is 9.81. The molecule has 2 aliphatic heterocycles. The van der Waals surface area contributed by atoms with E-state index in [1.54, 1.807) is 4.90 Å². The van der Waals surface area contributed by atoms with Gasteiger partial charge >= 0.3 is 0 Å². The Morgan fingerprint density at radius 3 is 2.58 bits per heavy atom. The molecular weight excluding hydrogens is 328 g/mol. The summed E-state index contributed by atoms with van der Waals surface area (Å²) < 4.78 is 0. The summed E-state index contributed by atoms with van der Waals surface area (Å²) in [7, 11) is 0. The summed E-state index contributed by atoms with van der Waals surface area (Å²) in [5.74, 6) is -0.0125. The third-order valence-corrected chi connectivity index (χ3v) is 5.34.